The van der Waals surface area contributed by atoms with Crippen LogP contribution in [0.5, 0.6) is 0 Å². The van der Waals surface area contributed by atoms with E-state index < -0.39 is 0 Å². The zero-order valence-corrected chi connectivity index (χ0v) is 11.5. The summed E-state index contributed by atoms with van der Waals surface area (Å²) in [6.07, 6.45) is 1.12. The van der Waals surface area contributed by atoms with E-state index in [0.717, 1.165) is 39.3 Å². The van der Waals surface area contributed by atoms with E-state index in [9.17, 15) is 0 Å². The highest BCUT2D eigenvalue weighted by molar-refractivity contribution is 5.55. The van der Waals surface area contributed by atoms with Crippen LogP contribution >= 0.6 is 0 Å². The summed E-state index contributed by atoms with van der Waals surface area (Å²) >= 11 is 0. The van der Waals surface area contributed by atoms with Crippen molar-refractivity contribution in [3.8, 4) is 0 Å². The zero-order chi connectivity index (χ0) is 12.8. The fourth-order valence-electron chi connectivity index (χ4n) is 2.60. The van der Waals surface area contributed by atoms with Gasteiger partial charge in [0.1, 0.15) is 0 Å². The molecule has 3 nitrogen and oxygen atoms in total. The van der Waals surface area contributed by atoms with E-state index in [1.807, 2.05) is 0 Å². The molecule has 1 heterocycles. The molecule has 1 aromatic carbocycles. The molecule has 1 aliphatic heterocycles. The molecule has 2 rings (SSSR count). The van der Waals surface area contributed by atoms with Gasteiger partial charge in [-0.05, 0) is 24.6 Å². The van der Waals surface area contributed by atoms with Gasteiger partial charge in [-0.2, -0.15) is 0 Å². The lowest BCUT2D eigenvalue weighted by Crippen LogP contribution is -2.37. The van der Waals surface area contributed by atoms with Crippen molar-refractivity contribution >= 4 is 5.69 Å². The summed E-state index contributed by atoms with van der Waals surface area (Å²) in [4.78, 5) is 2.44. The number of hydrogen-bond donors (Lipinski definition) is 1. The van der Waals surface area contributed by atoms with E-state index in [0.29, 0.717) is 6.04 Å². The normalized spacial score (nSPS) is 17.8. The van der Waals surface area contributed by atoms with Crippen molar-refractivity contribution in [1.82, 2.24) is 5.32 Å². The number of anilines is 1. The van der Waals surface area contributed by atoms with Crippen LogP contribution in [0.15, 0.2) is 24.3 Å². The monoisotopic (exact) mass is 248 g/mol. The molecule has 1 N–H and O–H groups in total. The Morgan fingerprint density at radius 1 is 1.22 bits per heavy atom. The fourth-order valence-corrected chi connectivity index (χ4v) is 2.60. The van der Waals surface area contributed by atoms with Crippen molar-refractivity contribution in [2.45, 2.75) is 26.3 Å². The van der Waals surface area contributed by atoms with Crippen molar-refractivity contribution in [3.05, 3.63) is 29.8 Å². The first-order valence-electron chi connectivity index (χ1n) is 7.01. The van der Waals surface area contributed by atoms with Gasteiger partial charge in [0.05, 0.1) is 13.2 Å². The number of nitrogens with zero attached hydrogens (tertiary/aromatic N) is 1. The number of ether oxygens (including phenoxy) is 1. The van der Waals surface area contributed by atoms with Gasteiger partial charge in [0.15, 0.2) is 0 Å². The lowest BCUT2D eigenvalue weighted by atomic mass is 10.0. The van der Waals surface area contributed by atoms with Crippen LogP contribution in [0.1, 0.15) is 31.9 Å². The molecule has 0 spiro atoms. The molecule has 1 aromatic rings. The number of rotatable bonds is 5. The number of para-hydroxylation sites is 1. The summed E-state index contributed by atoms with van der Waals surface area (Å²) < 4.78 is 5.44. The number of nitrogens with one attached hydrogen (secondary N) is 1. The highest BCUT2D eigenvalue weighted by Crippen LogP contribution is 2.28. The summed E-state index contributed by atoms with van der Waals surface area (Å²) in [6.45, 7) is 9.09. The van der Waals surface area contributed by atoms with Gasteiger partial charge >= 0.3 is 0 Å². The largest absolute Gasteiger partial charge is 0.378 e. The Labute approximate surface area is 110 Å². The zero-order valence-electron chi connectivity index (χ0n) is 11.5. The van der Waals surface area contributed by atoms with E-state index in [1.54, 1.807) is 0 Å². The molecule has 0 amide bonds. The SMILES string of the molecule is CCNC(CC)c1ccccc1N1CCOCC1. The van der Waals surface area contributed by atoms with Crippen LogP contribution in [0.2, 0.25) is 0 Å². The Hall–Kier alpha value is -1.06. The first kappa shape index (κ1) is 13.4. The molecule has 3 heteroatoms. The Morgan fingerprint density at radius 3 is 2.61 bits per heavy atom. The molecule has 0 radical (unpaired) electrons. The number of morpholine rings is 1. The van der Waals surface area contributed by atoms with Crippen LogP contribution in [0.4, 0.5) is 5.69 Å². The van der Waals surface area contributed by atoms with Gasteiger partial charge in [-0.1, -0.05) is 32.0 Å². The molecule has 1 atom stereocenters. The van der Waals surface area contributed by atoms with Gasteiger partial charge in [-0.15, -0.1) is 0 Å². The highest BCUT2D eigenvalue weighted by Gasteiger charge is 2.18. The summed E-state index contributed by atoms with van der Waals surface area (Å²) in [5, 5.41) is 3.57. The van der Waals surface area contributed by atoms with Crippen molar-refractivity contribution in [2.75, 3.05) is 37.7 Å². The summed E-state index contributed by atoms with van der Waals surface area (Å²) in [6, 6.07) is 9.21. The molecule has 0 aromatic heterocycles. The van der Waals surface area contributed by atoms with Gasteiger partial charge in [-0.3, -0.25) is 0 Å². The molecule has 1 saturated heterocycles. The van der Waals surface area contributed by atoms with Gasteiger partial charge in [0.25, 0.3) is 0 Å². The first-order chi connectivity index (χ1) is 8.86. The predicted octanol–water partition coefficient (Wildman–Crippen LogP) is 2.58. The Balaban J connectivity index is 2.23. The molecule has 0 aliphatic carbocycles. The third-order valence-corrected chi connectivity index (χ3v) is 3.52. The minimum Gasteiger partial charge on any atom is -0.378 e. The quantitative estimate of drug-likeness (QED) is 0.867. The topological polar surface area (TPSA) is 24.5 Å². The minimum absolute atomic E-state index is 0.453. The first-order valence-corrected chi connectivity index (χ1v) is 7.01. The smallest absolute Gasteiger partial charge is 0.0642 e. The van der Waals surface area contributed by atoms with E-state index in [-0.39, 0.29) is 0 Å². The molecule has 18 heavy (non-hydrogen) atoms. The molecular weight excluding hydrogens is 224 g/mol. The maximum absolute atomic E-state index is 5.44. The summed E-state index contributed by atoms with van der Waals surface area (Å²) in [7, 11) is 0. The fraction of sp³-hybridized carbons (Fsp3) is 0.600. The van der Waals surface area contributed by atoms with Crippen LogP contribution in [-0.4, -0.2) is 32.8 Å². The minimum atomic E-state index is 0.453. The summed E-state index contributed by atoms with van der Waals surface area (Å²) in [5.41, 5.74) is 2.79. The van der Waals surface area contributed by atoms with Crippen LogP contribution in [0, 0.1) is 0 Å². The molecular formula is C15H24N2O. The summed E-state index contributed by atoms with van der Waals surface area (Å²) in [5.74, 6) is 0. The molecule has 1 aliphatic rings. The Morgan fingerprint density at radius 2 is 1.94 bits per heavy atom. The Bertz CT molecular complexity index is 338. The standard InChI is InChI=1S/C15H24N2O/c1-3-14(16-4-2)13-7-5-6-8-15(13)17-9-11-18-12-10-17/h5-8,14,16H,3-4,9-12H2,1-2H3. The van der Waals surface area contributed by atoms with Gasteiger partial charge in [0.2, 0.25) is 0 Å². The molecule has 100 valence electrons. The number of benzene rings is 1. The van der Waals surface area contributed by atoms with E-state index in [1.165, 1.54) is 11.3 Å². The second-order valence-electron chi connectivity index (χ2n) is 4.68. The van der Waals surface area contributed by atoms with E-state index in [4.69, 9.17) is 4.74 Å². The van der Waals surface area contributed by atoms with Crippen molar-refractivity contribution in [2.24, 2.45) is 0 Å². The Kier molecular flexibility index (Phi) is 5.02. The van der Waals surface area contributed by atoms with Crippen LogP contribution < -0.4 is 10.2 Å². The maximum atomic E-state index is 5.44. The van der Waals surface area contributed by atoms with Crippen molar-refractivity contribution in [3.63, 3.8) is 0 Å². The van der Waals surface area contributed by atoms with Crippen molar-refractivity contribution < 1.29 is 4.74 Å². The lowest BCUT2D eigenvalue weighted by Gasteiger charge is -2.32. The van der Waals surface area contributed by atoms with E-state index >= 15 is 0 Å². The maximum Gasteiger partial charge on any atom is 0.0642 e. The van der Waals surface area contributed by atoms with Gasteiger partial charge < -0.3 is 15.0 Å². The second-order valence-corrected chi connectivity index (χ2v) is 4.68. The third kappa shape index (κ3) is 3.03. The predicted molar refractivity (Wildman–Crippen MR) is 76.2 cm³/mol. The second kappa shape index (κ2) is 6.76. The third-order valence-electron chi connectivity index (χ3n) is 3.52. The van der Waals surface area contributed by atoms with Gasteiger partial charge in [0, 0.05) is 24.8 Å². The van der Waals surface area contributed by atoms with Crippen LogP contribution in [-0.2, 0) is 4.74 Å². The molecule has 1 unspecified atom stereocenters. The molecule has 0 saturated carbocycles. The average molecular weight is 248 g/mol. The highest BCUT2D eigenvalue weighted by atomic mass is 16.5. The lowest BCUT2D eigenvalue weighted by molar-refractivity contribution is 0.122. The number of hydrogen-bond acceptors (Lipinski definition) is 3. The van der Waals surface area contributed by atoms with E-state index in [2.05, 4.69) is 48.3 Å². The molecule has 1 fully saturated rings. The average Bonchev–Trinajstić information content (AvgIpc) is 2.46. The van der Waals surface area contributed by atoms with Crippen LogP contribution in [0.3, 0.4) is 0 Å². The molecule has 0 bridgehead atoms. The van der Waals surface area contributed by atoms with Crippen molar-refractivity contribution in [1.29, 1.82) is 0 Å². The van der Waals surface area contributed by atoms with Crippen LogP contribution in [0.25, 0.3) is 0 Å². The van der Waals surface area contributed by atoms with Gasteiger partial charge in [-0.25, -0.2) is 0 Å².